The molecule has 0 aliphatic carbocycles. The highest BCUT2D eigenvalue weighted by Gasteiger charge is 2.22. The molecule has 0 radical (unpaired) electrons. The lowest BCUT2D eigenvalue weighted by molar-refractivity contribution is -0.117. The van der Waals surface area contributed by atoms with E-state index in [1.165, 1.54) is 13.1 Å². The van der Waals surface area contributed by atoms with E-state index in [0.29, 0.717) is 0 Å². The molecule has 13 heteroatoms. The number of benzene rings is 1. The molecule has 1 aromatic carbocycles. The minimum absolute atomic E-state index is 0.105. The Kier molecular flexibility index (Phi) is 6.06. The lowest BCUT2D eigenvalue weighted by Crippen LogP contribution is -2.20. The van der Waals surface area contributed by atoms with E-state index in [4.69, 9.17) is 11.6 Å². The van der Waals surface area contributed by atoms with E-state index in [-0.39, 0.29) is 22.5 Å². The fourth-order valence-electron chi connectivity index (χ4n) is 2.60. The molecular weight excluding hydrogens is 440 g/mol. The first kappa shape index (κ1) is 21.7. The predicted molar refractivity (Wildman–Crippen MR) is 93.2 cm³/mol. The van der Waals surface area contributed by atoms with Crippen LogP contribution in [0.5, 0.6) is 0 Å². The monoisotopic (exact) mass is 451 g/mol. The summed E-state index contributed by atoms with van der Waals surface area (Å²) in [5.41, 5.74) is -1.13. The van der Waals surface area contributed by atoms with Crippen LogP contribution in [0.3, 0.4) is 0 Å². The third-order valence-electron chi connectivity index (χ3n) is 4.10. The van der Waals surface area contributed by atoms with Gasteiger partial charge in [0.15, 0.2) is 17.5 Å². The molecule has 30 heavy (non-hydrogen) atoms. The largest absolute Gasteiger partial charge is 0.322 e. The molecule has 0 bridgehead atoms. The van der Waals surface area contributed by atoms with Crippen LogP contribution < -0.4 is 5.32 Å². The summed E-state index contributed by atoms with van der Waals surface area (Å²) in [5, 5.41) is 9.51. The molecule has 2 aromatic heterocycles. The van der Waals surface area contributed by atoms with Gasteiger partial charge in [-0.25, -0.2) is 26.3 Å². The van der Waals surface area contributed by atoms with E-state index in [1.54, 1.807) is 0 Å². The highest BCUT2D eigenvalue weighted by molar-refractivity contribution is 6.31. The summed E-state index contributed by atoms with van der Waals surface area (Å²) in [6.45, 7) is 0.406. The number of amides is 1. The summed E-state index contributed by atoms with van der Waals surface area (Å²) in [6.07, 6.45) is -0.581. The number of aromatic nitrogens is 4. The molecule has 0 aliphatic heterocycles. The van der Waals surface area contributed by atoms with Crippen molar-refractivity contribution in [3.8, 4) is 0 Å². The molecule has 3 aromatic rings. The summed E-state index contributed by atoms with van der Waals surface area (Å²) in [5.74, 6) is -7.12. The lowest BCUT2D eigenvalue weighted by Gasteiger charge is -2.07. The molecular formula is C17H12ClF6N5O. The van der Waals surface area contributed by atoms with Gasteiger partial charge in [0.25, 0.3) is 6.43 Å². The Morgan fingerprint density at radius 3 is 2.53 bits per heavy atom. The van der Waals surface area contributed by atoms with E-state index in [0.717, 1.165) is 15.6 Å². The van der Waals surface area contributed by atoms with Crippen molar-refractivity contribution < 1.29 is 31.1 Å². The van der Waals surface area contributed by atoms with Gasteiger partial charge in [-0.1, -0.05) is 11.6 Å². The van der Waals surface area contributed by atoms with Crippen molar-refractivity contribution in [1.29, 1.82) is 0 Å². The summed E-state index contributed by atoms with van der Waals surface area (Å²) >= 11 is 5.76. The number of nitrogens with one attached hydrogen (secondary N) is 1. The Bertz CT molecular complexity index is 1110. The van der Waals surface area contributed by atoms with Crippen LogP contribution in [-0.4, -0.2) is 25.5 Å². The van der Waals surface area contributed by atoms with Gasteiger partial charge in [0, 0.05) is 17.8 Å². The number of hydrogen-bond acceptors (Lipinski definition) is 3. The van der Waals surface area contributed by atoms with Gasteiger partial charge in [-0.2, -0.15) is 10.2 Å². The van der Waals surface area contributed by atoms with Crippen LogP contribution in [0.25, 0.3) is 0 Å². The molecule has 1 amide bonds. The first-order valence-corrected chi connectivity index (χ1v) is 8.61. The third-order valence-corrected chi connectivity index (χ3v) is 4.57. The van der Waals surface area contributed by atoms with Gasteiger partial charge in [0.2, 0.25) is 5.91 Å². The van der Waals surface area contributed by atoms with Crippen LogP contribution in [0.4, 0.5) is 32.0 Å². The van der Waals surface area contributed by atoms with Crippen molar-refractivity contribution in [3.05, 3.63) is 63.7 Å². The second-order valence-corrected chi connectivity index (χ2v) is 6.54. The van der Waals surface area contributed by atoms with Crippen molar-refractivity contribution in [2.24, 2.45) is 0 Å². The molecule has 0 fully saturated rings. The summed E-state index contributed by atoms with van der Waals surface area (Å²) in [6, 6.07) is 0.213. The van der Waals surface area contributed by atoms with Crippen molar-refractivity contribution in [2.75, 3.05) is 5.32 Å². The van der Waals surface area contributed by atoms with Crippen LogP contribution in [0.2, 0.25) is 5.02 Å². The molecule has 160 valence electrons. The molecule has 6 nitrogen and oxygen atoms in total. The second-order valence-electron chi connectivity index (χ2n) is 6.16. The highest BCUT2D eigenvalue weighted by Crippen LogP contribution is 2.28. The molecule has 0 unspecified atom stereocenters. The highest BCUT2D eigenvalue weighted by atomic mass is 35.5. The molecule has 0 atom stereocenters. The zero-order chi connectivity index (χ0) is 22.2. The van der Waals surface area contributed by atoms with Crippen LogP contribution in [0.1, 0.15) is 23.4 Å². The Morgan fingerprint density at radius 1 is 1.20 bits per heavy atom. The molecule has 0 saturated carbocycles. The number of carbonyl (C=O) groups excluding carboxylic acids is 1. The van der Waals surface area contributed by atoms with Crippen LogP contribution >= 0.6 is 11.6 Å². The van der Waals surface area contributed by atoms with Crippen molar-refractivity contribution in [3.63, 3.8) is 0 Å². The molecule has 0 aliphatic rings. The zero-order valence-electron chi connectivity index (χ0n) is 15.1. The number of hydrogen-bond donors (Lipinski definition) is 1. The molecule has 0 saturated heterocycles. The first-order valence-electron chi connectivity index (χ1n) is 8.23. The maximum Gasteiger partial charge on any atom is 0.283 e. The van der Waals surface area contributed by atoms with Gasteiger partial charge in [-0.15, -0.1) is 0 Å². The fraction of sp³-hybridized carbons (Fsp3) is 0.235. The molecule has 3 rings (SSSR count). The summed E-state index contributed by atoms with van der Waals surface area (Å²) in [7, 11) is 0. The number of alkyl halides is 2. The lowest BCUT2D eigenvalue weighted by atomic mass is 10.2. The van der Waals surface area contributed by atoms with Crippen molar-refractivity contribution in [2.45, 2.75) is 26.4 Å². The van der Waals surface area contributed by atoms with E-state index in [2.05, 4.69) is 15.5 Å². The Hall–Kier alpha value is -3.02. The minimum atomic E-state index is -2.91. The van der Waals surface area contributed by atoms with Gasteiger partial charge in [0.05, 0.1) is 29.1 Å². The molecule has 1 N–H and O–H groups in total. The van der Waals surface area contributed by atoms with E-state index in [1.807, 2.05) is 0 Å². The van der Waals surface area contributed by atoms with Gasteiger partial charge in [0.1, 0.15) is 18.1 Å². The van der Waals surface area contributed by atoms with Crippen LogP contribution in [0.15, 0.2) is 18.5 Å². The smallest absolute Gasteiger partial charge is 0.283 e. The average Bonchev–Trinajstić information content (AvgIpc) is 3.22. The maximum absolute atomic E-state index is 13.8. The number of carbonyl (C=O) groups is 1. The van der Waals surface area contributed by atoms with E-state index >= 15 is 0 Å². The van der Waals surface area contributed by atoms with Crippen molar-refractivity contribution in [1.82, 2.24) is 19.6 Å². The Labute approximate surface area is 170 Å². The van der Waals surface area contributed by atoms with Gasteiger partial charge >= 0.3 is 0 Å². The normalized spacial score (nSPS) is 11.4. The number of rotatable bonds is 6. The van der Waals surface area contributed by atoms with Gasteiger partial charge < -0.3 is 5.32 Å². The number of nitrogens with zero attached hydrogens (tertiary/aromatic N) is 4. The molecule has 0 spiro atoms. The maximum atomic E-state index is 13.8. The van der Waals surface area contributed by atoms with Crippen LogP contribution in [-0.2, 0) is 17.9 Å². The number of anilines is 1. The van der Waals surface area contributed by atoms with Crippen molar-refractivity contribution >= 4 is 23.2 Å². The van der Waals surface area contributed by atoms with Crippen LogP contribution in [0, 0.1) is 30.2 Å². The Balaban J connectivity index is 1.70. The first-order chi connectivity index (χ1) is 14.1. The second kappa shape index (κ2) is 8.38. The quantitative estimate of drug-likeness (QED) is 0.347. The summed E-state index contributed by atoms with van der Waals surface area (Å²) < 4.78 is 81.4. The Morgan fingerprint density at radius 2 is 1.90 bits per heavy atom. The topological polar surface area (TPSA) is 64.7 Å². The SMILES string of the molecule is Cc1c(Cl)c(C(F)F)nn1CC(=O)Nc1cnn(Cc2c(F)cc(F)c(F)c2F)c1. The predicted octanol–water partition coefficient (Wildman–Crippen LogP) is 4.22. The third kappa shape index (κ3) is 4.27. The standard InChI is InChI=1S/C17H12ClF6N5O/c1-7-13(18)16(17(23)24)27-29(7)6-12(30)26-8-3-25-28(4-8)5-9-10(19)2-11(20)15(22)14(9)21/h2-4,17H,5-6H2,1H3,(H,26,30). The summed E-state index contributed by atoms with van der Waals surface area (Å²) in [4.78, 5) is 12.1. The van der Waals surface area contributed by atoms with E-state index in [9.17, 15) is 31.1 Å². The zero-order valence-corrected chi connectivity index (χ0v) is 15.8. The van der Waals surface area contributed by atoms with E-state index < -0.39 is 59.9 Å². The minimum Gasteiger partial charge on any atom is -0.322 e. The van der Waals surface area contributed by atoms with Gasteiger partial charge in [-0.05, 0) is 6.92 Å². The molecule has 2 heterocycles. The van der Waals surface area contributed by atoms with Gasteiger partial charge in [-0.3, -0.25) is 14.2 Å². The number of halogens is 7. The fourth-order valence-corrected chi connectivity index (χ4v) is 2.82. The average molecular weight is 452 g/mol.